The molecule has 0 saturated heterocycles. The minimum absolute atomic E-state index is 0.000195. The topological polar surface area (TPSA) is 98.0 Å². The second-order valence-electron chi connectivity index (χ2n) is 3.86. The van der Waals surface area contributed by atoms with Crippen LogP contribution in [-0.2, 0) is 0 Å². The predicted molar refractivity (Wildman–Crippen MR) is 62.9 cm³/mol. The monoisotopic (exact) mass is 264 g/mol. The van der Waals surface area contributed by atoms with Crippen molar-refractivity contribution in [3.8, 4) is 23.0 Å². The van der Waals surface area contributed by atoms with Gasteiger partial charge in [-0.05, 0) is 30.3 Å². The van der Waals surface area contributed by atoms with E-state index in [-0.39, 0.29) is 11.1 Å². The molecule has 0 aliphatic rings. The number of ketones is 1. The minimum Gasteiger partial charge on any atom is -0.504 e. The third kappa shape index (κ3) is 2.28. The zero-order valence-corrected chi connectivity index (χ0v) is 9.46. The van der Waals surface area contributed by atoms with Gasteiger partial charge < -0.3 is 20.4 Å². The zero-order valence-electron chi connectivity index (χ0n) is 9.46. The first kappa shape index (κ1) is 12.7. The largest absolute Gasteiger partial charge is 0.504 e. The molecule has 0 aliphatic heterocycles. The van der Waals surface area contributed by atoms with Crippen molar-refractivity contribution in [3.05, 3.63) is 47.3 Å². The van der Waals surface area contributed by atoms with E-state index in [1.54, 1.807) is 0 Å². The average Bonchev–Trinajstić information content (AvgIpc) is 2.37. The molecule has 0 heterocycles. The SMILES string of the molecule is O=C(c1ccc(O)c(O)c1)c1cc(O)c(O)c(F)c1. The van der Waals surface area contributed by atoms with E-state index >= 15 is 0 Å². The van der Waals surface area contributed by atoms with E-state index in [1.165, 1.54) is 6.07 Å². The Morgan fingerprint density at radius 2 is 1.47 bits per heavy atom. The number of hydrogen-bond acceptors (Lipinski definition) is 5. The van der Waals surface area contributed by atoms with E-state index < -0.39 is 34.6 Å². The molecule has 0 radical (unpaired) electrons. The summed E-state index contributed by atoms with van der Waals surface area (Å²) in [6, 6.07) is 5.03. The normalized spacial score (nSPS) is 10.4. The van der Waals surface area contributed by atoms with Crippen LogP contribution >= 0.6 is 0 Å². The van der Waals surface area contributed by atoms with Crippen molar-refractivity contribution in [2.24, 2.45) is 0 Å². The van der Waals surface area contributed by atoms with Gasteiger partial charge in [0, 0.05) is 11.1 Å². The second-order valence-corrected chi connectivity index (χ2v) is 3.86. The number of hydrogen-bond donors (Lipinski definition) is 4. The maximum absolute atomic E-state index is 13.2. The van der Waals surface area contributed by atoms with E-state index in [1.807, 2.05) is 0 Å². The molecule has 5 nitrogen and oxygen atoms in total. The quantitative estimate of drug-likeness (QED) is 0.490. The van der Waals surface area contributed by atoms with Crippen molar-refractivity contribution in [1.29, 1.82) is 0 Å². The highest BCUT2D eigenvalue weighted by Gasteiger charge is 2.16. The first-order valence-electron chi connectivity index (χ1n) is 5.18. The van der Waals surface area contributed by atoms with Crippen LogP contribution in [0.3, 0.4) is 0 Å². The zero-order chi connectivity index (χ0) is 14.2. The standard InChI is InChI=1S/C13H9FO5/c14-8-3-7(5-11(17)13(8)19)12(18)6-1-2-9(15)10(16)4-6/h1-5,15-17,19H. The number of rotatable bonds is 2. The van der Waals surface area contributed by atoms with Crippen LogP contribution in [0.15, 0.2) is 30.3 Å². The summed E-state index contributed by atoms with van der Waals surface area (Å²) in [6.07, 6.45) is 0. The molecule has 2 aromatic rings. The number of phenols is 4. The van der Waals surface area contributed by atoms with Gasteiger partial charge in [0.05, 0.1) is 0 Å². The first-order chi connectivity index (χ1) is 8.90. The van der Waals surface area contributed by atoms with Crippen molar-refractivity contribution >= 4 is 5.78 Å². The van der Waals surface area contributed by atoms with E-state index in [9.17, 15) is 19.4 Å². The fourth-order valence-corrected chi connectivity index (χ4v) is 1.55. The van der Waals surface area contributed by atoms with Crippen LogP contribution in [0.4, 0.5) is 4.39 Å². The molecule has 0 spiro atoms. The number of phenolic OH excluding ortho intramolecular Hbond substituents is 4. The summed E-state index contributed by atoms with van der Waals surface area (Å²) in [6.45, 7) is 0. The van der Waals surface area contributed by atoms with Crippen LogP contribution < -0.4 is 0 Å². The summed E-state index contributed by atoms with van der Waals surface area (Å²) in [4.78, 5) is 12.0. The lowest BCUT2D eigenvalue weighted by atomic mass is 10.0. The molecule has 0 amide bonds. The third-order valence-corrected chi connectivity index (χ3v) is 2.54. The molecule has 0 bridgehead atoms. The molecule has 2 aromatic carbocycles. The summed E-state index contributed by atoms with van der Waals surface area (Å²) in [7, 11) is 0. The lowest BCUT2D eigenvalue weighted by molar-refractivity contribution is 0.103. The van der Waals surface area contributed by atoms with Gasteiger partial charge in [0.15, 0.2) is 34.6 Å². The van der Waals surface area contributed by atoms with Crippen molar-refractivity contribution in [2.45, 2.75) is 0 Å². The highest BCUT2D eigenvalue weighted by Crippen LogP contribution is 2.31. The van der Waals surface area contributed by atoms with Crippen LogP contribution in [0, 0.1) is 5.82 Å². The summed E-state index contributed by atoms with van der Waals surface area (Å²) in [5.41, 5.74) is -0.197. The van der Waals surface area contributed by atoms with Gasteiger partial charge in [-0.3, -0.25) is 4.79 Å². The van der Waals surface area contributed by atoms with Gasteiger partial charge in [-0.15, -0.1) is 0 Å². The van der Waals surface area contributed by atoms with E-state index in [2.05, 4.69) is 0 Å². The predicted octanol–water partition coefficient (Wildman–Crippen LogP) is 1.88. The fraction of sp³-hybridized carbons (Fsp3) is 0. The maximum atomic E-state index is 13.2. The molecule has 98 valence electrons. The molecule has 0 fully saturated rings. The maximum Gasteiger partial charge on any atom is 0.194 e. The molecular formula is C13H9FO5. The molecule has 0 saturated carbocycles. The van der Waals surface area contributed by atoms with E-state index in [0.29, 0.717) is 0 Å². The number of halogens is 1. The molecule has 6 heteroatoms. The van der Waals surface area contributed by atoms with Gasteiger partial charge in [0.1, 0.15) is 0 Å². The molecule has 19 heavy (non-hydrogen) atoms. The third-order valence-electron chi connectivity index (χ3n) is 2.54. The number of aromatic hydroxyl groups is 4. The molecule has 0 atom stereocenters. The van der Waals surface area contributed by atoms with Crippen LogP contribution in [0.25, 0.3) is 0 Å². The van der Waals surface area contributed by atoms with Crippen LogP contribution in [0.2, 0.25) is 0 Å². The first-order valence-corrected chi connectivity index (χ1v) is 5.18. The second kappa shape index (κ2) is 4.49. The Kier molecular flexibility index (Phi) is 3.00. The number of carbonyl (C=O) groups is 1. The molecule has 0 aromatic heterocycles. The number of benzene rings is 2. The van der Waals surface area contributed by atoms with Gasteiger partial charge in [-0.1, -0.05) is 0 Å². The van der Waals surface area contributed by atoms with Crippen LogP contribution in [-0.4, -0.2) is 26.2 Å². The summed E-state index contributed by atoms with van der Waals surface area (Å²) < 4.78 is 13.2. The average molecular weight is 264 g/mol. The molecular weight excluding hydrogens is 255 g/mol. The molecule has 2 rings (SSSR count). The van der Waals surface area contributed by atoms with Crippen molar-refractivity contribution in [2.75, 3.05) is 0 Å². The Bertz CT molecular complexity index is 643. The summed E-state index contributed by atoms with van der Waals surface area (Å²) in [5.74, 6) is -4.39. The Labute approximate surface area is 106 Å². The van der Waals surface area contributed by atoms with Crippen molar-refractivity contribution < 1.29 is 29.6 Å². The molecule has 4 N–H and O–H groups in total. The lowest BCUT2D eigenvalue weighted by Crippen LogP contribution is -2.01. The van der Waals surface area contributed by atoms with Crippen molar-refractivity contribution in [3.63, 3.8) is 0 Å². The summed E-state index contributed by atoms with van der Waals surface area (Å²) >= 11 is 0. The van der Waals surface area contributed by atoms with Gasteiger partial charge in [0.25, 0.3) is 0 Å². The van der Waals surface area contributed by atoms with E-state index in [0.717, 1.165) is 24.3 Å². The Hall–Kier alpha value is -2.76. The highest BCUT2D eigenvalue weighted by atomic mass is 19.1. The van der Waals surface area contributed by atoms with Crippen molar-refractivity contribution in [1.82, 2.24) is 0 Å². The molecule has 0 aliphatic carbocycles. The van der Waals surface area contributed by atoms with E-state index in [4.69, 9.17) is 10.2 Å². The van der Waals surface area contributed by atoms with Gasteiger partial charge in [-0.25, -0.2) is 4.39 Å². The number of carbonyl (C=O) groups excluding carboxylic acids is 1. The lowest BCUT2D eigenvalue weighted by Gasteiger charge is -2.05. The van der Waals surface area contributed by atoms with Gasteiger partial charge in [-0.2, -0.15) is 0 Å². The van der Waals surface area contributed by atoms with Gasteiger partial charge >= 0.3 is 0 Å². The van der Waals surface area contributed by atoms with Crippen LogP contribution in [0.5, 0.6) is 23.0 Å². The van der Waals surface area contributed by atoms with Gasteiger partial charge in [0.2, 0.25) is 0 Å². The smallest absolute Gasteiger partial charge is 0.194 e. The fourth-order valence-electron chi connectivity index (χ4n) is 1.55. The molecule has 0 unspecified atom stereocenters. The Morgan fingerprint density at radius 1 is 0.842 bits per heavy atom. The van der Waals surface area contributed by atoms with Crippen LogP contribution in [0.1, 0.15) is 15.9 Å². The summed E-state index contributed by atoms with van der Waals surface area (Å²) in [5, 5.41) is 36.7. The Balaban J connectivity index is 2.47. The minimum atomic E-state index is -1.13. The Morgan fingerprint density at radius 3 is 2.05 bits per heavy atom. The highest BCUT2D eigenvalue weighted by molar-refractivity contribution is 6.09.